The predicted octanol–water partition coefficient (Wildman–Crippen LogP) is 3.37. The zero-order valence-corrected chi connectivity index (χ0v) is 15.9. The molecule has 1 unspecified atom stereocenters. The number of nitrogens with zero attached hydrogens (tertiary/aromatic N) is 2. The van der Waals surface area contributed by atoms with E-state index in [1.807, 2.05) is 36.4 Å². The SMILES string of the molecule is O=C(NCc1ccccc1)NCC1Cn2cccc2CN1Cc1ccccc1. The molecular formula is C23H26N4O. The van der Waals surface area contributed by atoms with Gasteiger partial charge in [-0.15, -0.1) is 0 Å². The van der Waals surface area contributed by atoms with Crippen LogP contribution in [-0.2, 0) is 26.2 Å². The minimum atomic E-state index is -0.123. The molecule has 1 aliphatic heterocycles. The summed E-state index contributed by atoms with van der Waals surface area (Å²) >= 11 is 0. The Kier molecular flexibility index (Phi) is 5.73. The van der Waals surface area contributed by atoms with Gasteiger partial charge in [-0.05, 0) is 23.3 Å². The summed E-state index contributed by atoms with van der Waals surface area (Å²) in [4.78, 5) is 14.7. The molecule has 0 aliphatic carbocycles. The first-order valence-corrected chi connectivity index (χ1v) is 9.75. The molecule has 3 aromatic rings. The normalized spacial score (nSPS) is 16.4. The molecule has 1 aliphatic rings. The molecule has 4 rings (SSSR count). The number of hydrogen-bond donors (Lipinski definition) is 2. The standard InChI is InChI=1S/C23H26N4O/c28-23(24-14-19-8-3-1-4-9-19)25-15-22-18-26-13-7-12-21(26)17-27(22)16-20-10-5-2-6-11-20/h1-13,22H,14-18H2,(H2,24,25,28). The number of benzene rings is 2. The Morgan fingerprint density at radius 1 is 0.893 bits per heavy atom. The zero-order valence-electron chi connectivity index (χ0n) is 15.9. The Labute approximate surface area is 166 Å². The van der Waals surface area contributed by atoms with Gasteiger partial charge in [0, 0.05) is 50.7 Å². The van der Waals surface area contributed by atoms with Gasteiger partial charge < -0.3 is 15.2 Å². The Morgan fingerprint density at radius 3 is 2.36 bits per heavy atom. The summed E-state index contributed by atoms with van der Waals surface area (Å²) in [6.45, 7) is 3.80. The molecule has 0 spiro atoms. The van der Waals surface area contributed by atoms with Crippen molar-refractivity contribution in [1.29, 1.82) is 0 Å². The third kappa shape index (κ3) is 4.61. The van der Waals surface area contributed by atoms with Crippen LogP contribution in [0.3, 0.4) is 0 Å². The first-order chi connectivity index (χ1) is 13.8. The Balaban J connectivity index is 1.35. The highest BCUT2D eigenvalue weighted by Crippen LogP contribution is 2.20. The van der Waals surface area contributed by atoms with E-state index in [1.54, 1.807) is 0 Å². The van der Waals surface area contributed by atoms with Gasteiger partial charge in [-0.1, -0.05) is 60.7 Å². The lowest BCUT2D eigenvalue weighted by Crippen LogP contribution is -2.50. The van der Waals surface area contributed by atoms with E-state index in [-0.39, 0.29) is 12.1 Å². The van der Waals surface area contributed by atoms with Crippen molar-refractivity contribution in [2.45, 2.75) is 32.2 Å². The summed E-state index contributed by atoms with van der Waals surface area (Å²) in [5, 5.41) is 6.00. The largest absolute Gasteiger partial charge is 0.349 e. The number of nitrogens with one attached hydrogen (secondary N) is 2. The monoisotopic (exact) mass is 374 g/mol. The highest BCUT2D eigenvalue weighted by molar-refractivity contribution is 5.73. The van der Waals surface area contributed by atoms with Crippen LogP contribution in [0.4, 0.5) is 4.79 Å². The molecule has 2 heterocycles. The van der Waals surface area contributed by atoms with Crippen LogP contribution in [0.25, 0.3) is 0 Å². The summed E-state index contributed by atoms with van der Waals surface area (Å²) in [7, 11) is 0. The van der Waals surface area contributed by atoms with Gasteiger partial charge in [0.2, 0.25) is 0 Å². The fourth-order valence-corrected chi connectivity index (χ4v) is 3.70. The molecule has 0 saturated carbocycles. The van der Waals surface area contributed by atoms with Crippen molar-refractivity contribution >= 4 is 6.03 Å². The van der Waals surface area contributed by atoms with Crippen molar-refractivity contribution in [3.63, 3.8) is 0 Å². The molecule has 5 nitrogen and oxygen atoms in total. The molecule has 28 heavy (non-hydrogen) atoms. The number of aromatic nitrogens is 1. The smallest absolute Gasteiger partial charge is 0.315 e. The lowest BCUT2D eigenvalue weighted by Gasteiger charge is -2.37. The molecule has 0 bridgehead atoms. The molecular weight excluding hydrogens is 348 g/mol. The minimum Gasteiger partial charge on any atom is -0.349 e. The quantitative estimate of drug-likeness (QED) is 0.695. The fourth-order valence-electron chi connectivity index (χ4n) is 3.70. The minimum absolute atomic E-state index is 0.123. The molecule has 0 fully saturated rings. The molecule has 1 atom stereocenters. The van der Waals surface area contributed by atoms with Gasteiger partial charge in [-0.3, -0.25) is 4.90 Å². The average Bonchev–Trinajstić information content (AvgIpc) is 3.19. The second-order valence-electron chi connectivity index (χ2n) is 7.25. The van der Waals surface area contributed by atoms with Crippen LogP contribution in [0.5, 0.6) is 0 Å². The Hall–Kier alpha value is -3.05. The maximum atomic E-state index is 12.3. The van der Waals surface area contributed by atoms with Gasteiger partial charge in [0.1, 0.15) is 0 Å². The topological polar surface area (TPSA) is 49.3 Å². The molecule has 2 N–H and O–H groups in total. The number of amides is 2. The third-order valence-corrected chi connectivity index (χ3v) is 5.24. The summed E-state index contributed by atoms with van der Waals surface area (Å²) in [6, 6.07) is 24.9. The molecule has 2 aromatic carbocycles. The first kappa shape index (κ1) is 18.3. The maximum absolute atomic E-state index is 12.3. The highest BCUT2D eigenvalue weighted by Gasteiger charge is 2.26. The number of carbonyl (C=O) groups is 1. The van der Waals surface area contributed by atoms with E-state index in [0.717, 1.165) is 25.2 Å². The maximum Gasteiger partial charge on any atom is 0.315 e. The van der Waals surface area contributed by atoms with E-state index in [2.05, 4.69) is 62.7 Å². The first-order valence-electron chi connectivity index (χ1n) is 9.75. The van der Waals surface area contributed by atoms with Gasteiger partial charge in [0.15, 0.2) is 0 Å². The second kappa shape index (κ2) is 8.76. The van der Waals surface area contributed by atoms with E-state index < -0.39 is 0 Å². The van der Waals surface area contributed by atoms with Crippen LogP contribution in [0.15, 0.2) is 79.0 Å². The highest BCUT2D eigenvalue weighted by atomic mass is 16.2. The van der Waals surface area contributed by atoms with Crippen LogP contribution in [0, 0.1) is 0 Å². The van der Waals surface area contributed by atoms with Crippen LogP contribution < -0.4 is 10.6 Å². The van der Waals surface area contributed by atoms with Crippen LogP contribution in [0.1, 0.15) is 16.8 Å². The molecule has 0 radical (unpaired) electrons. The van der Waals surface area contributed by atoms with Crippen LogP contribution in [-0.4, -0.2) is 28.1 Å². The van der Waals surface area contributed by atoms with E-state index in [9.17, 15) is 4.79 Å². The lowest BCUT2D eigenvalue weighted by atomic mass is 10.1. The number of fused-ring (bicyclic) bond motifs is 1. The van der Waals surface area contributed by atoms with Gasteiger partial charge in [0.25, 0.3) is 0 Å². The predicted molar refractivity (Wildman–Crippen MR) is 111 cm³/mol. The van der Waals surface area contributed by atoms with Crippen molar-refractivity contribution in [2.24, 2.45) is 0 Å². The van der Waals surface area contributed by atoms with Gasteiger partial charge in [0.05, 0.1) is 0 Å². The number of carbonyl (C=O) groups excluding carboxylic acids is 1. The molecule has 0 saturated heterocycles. The summed E-state index contributed by atoms with van der Waals surface area (Å²) in [6.07, 6.45) is 2.12. The molecule has 2 amide bonds. The van der Waals surface area contributed by atoms with E-state index in [1.165, 1.54) is 11.3 Å². The summed E-state index contributed by atoms with van der Waals surface area (Å²) in [5.74, 6) is 0. The third-order valence-electron chi connectivity index (χ3n) is 5.24. The number of rotatable bonds is 6. The van der Waals surface area contributed by atoms with Crippen molar-refractivity contribution < 1.29 is 4.79 Å². The molecule has 144 valence electrons. The fraction of sp³-hybridized carbons (Fsp3) is 0.261. The molecule has 1 aromatic heterocycles. The van der Waals surface area contributed by atoms with Crippen molar-refractivity contribution in [1.82, 2.24) is 20.1 Å². The van der Waals surface area contributed by atoms with E-state index in [4.69, 9.17) is 0 Å². The zero-order chi connectivity index (χ0) is 19.2. The van der Waals surface area contributed by atoms with Gasteiger partial charge in [-0.2, -0.15) is 0 Å². The summed E-state index contributed by atoms with van der Waals surface area (Å²) < 4.78 is 2.29. The van der Waals surface area contributed by atoms with Crippen LogP contribution in [0.2, 0.25) is 0 Å². The van der Waals surface area contributed by atoms with Gasteiger partial charge >= 0.3 is 6.03 Å². The van der Waals surface area contributed by atoms with Crippen molar-refractivity contribution in [3.05, 3.63) is 95.8 Å². The average molecular weight is 374 g/mol. The van der Waals surface area contributed by atoms with Gasteiger partial charge in [-0.25, -0.2) is 4.79 Å². The number of urea groups is 1. The molecule has 5 heteroatoms. The van der Waals surface area contributed by atoms with Crippen molar-refractivity contribution in [3.8, 4) is 0 Å². The lowest BCUT2D eigenvalue weighted by molar-refractivity contribution is 0.130. The van der Waals surface area contributed by atoms with Crippen LogP contribution >= 0.6 is 0 Å². The Morgan fingerprint density at radius 2 is 1.61 bits per heavy atom. The van der Waals surface area contributed by atoms with E-state index in [0.29, 0.717) is 13.1 Å². The van der Waals surface area contributed by atoms with E-state index >= 15 is 0 Å². The summed E-state index contributed by atoms with van der Waals surface area (Å²) in [5.41, 5.74) is 3.71. The number of hydrogen-bond acceptors (Lipinski definition) is 2. The van der Waals surface area contributed by atoms with Crippen molar-refractivity contribution in [2.75, 3.05) is 6.54 Å². The Bertz CT molecular complexity index is 891. The second-order valence-corrected chi connectivity index (χ2v) is 7.25.